The van der Waals surface area contributed by atoms with Crippen molar-refractivity contribution in [3.05, 3.63) is 0 Å². The zero-order valence-electron chi connectivity index (χ0n) is 13.2. The number of nitrogens with zero attached hydrogens (tertiary/aromatic N) is 2. The normalized spacial score (nSPS) is 33.5. The molecule has 116 valence electrons. The van der Waals surface area contributed by atoms with Crippen LogP contribution in [0.4, 0.5) is 0 Å². The van der Waals surface area contributed by atoms with E-state index in [1.807, 2.05) is 0 Å². The van der Waals surface area contributed by atoms with Gasteiger partial charge in [-0.3, -0.25) is 9.69 Å². The molecule has 0 amide bonds. The molecular weight excluding hydrogens is 252 g/mol. The Morgan fingerprint density at radius 2 is 1.90 bits per heavy atom. The SMILES string of the molecule is CCN1CCC(N(C)C2CC(C)CCC2C(=O)O)CC1. The van der Waals surface area contributed by atoms with E-state index < -0.39 is 5.97 Å². The van der Waals surface area contributed by atoms with Crippen LogP contribution < -0.4 is 0 Å². The van der Waals surface area contributed by atoms with Crippen LogP contribution in [0.25, 0.3) is 0 Å². The van der Waals surface area contributed by atoms with Crippen molar-refractivity contribution in [2.45, 2.75) is 58.0 Å². The molecule has 0 aromatic rings. The highest BCUT2D eigenvalue weighted by Crippen LogP contribution is 2.34. The summed E-state index contributed by atoms with van der Waals surface area (Å²) < 4.78 is 0. The first kappa shape index (κ1) is 15.8. The predicted octanol–water partition coefficient (Wildman–Crippen LogP) is 2.29. The molecule has 1 aliphatic carbocycles. The van der Waals surface area contributed by atoms with E-state index in [0.29, 0.717) is 12.0 Å². The fourth-order valence-electron chi connectivity index (χ4n) is 4.00. The Morgan fingerprint density at radius 3 is 2.45 bits per heavy atom. The van der Waals surface area contributed by atoms with Crippen LogP contribution in [0.3, 0.4) is 0 Å². The molecule has 0 bridgehead atoms. The van der Waals surface area contributed by atoms with Crippen molar-refractivity contribution in [3.8, 4) is 0 Å². The van der Waals surface area contributed by atoms with Crippen LogP contribution in [0.2, 0.25) is 0 Å². The van der Waals surface area contributed by atoms with E-state index in [2.05, 4.69) is 30.7 Å². The Balaban J connectivity index is 1.98. The lowest BCUT2D eigenvalue weighted by atomic mass is 9.77. The lowest BCUT2D eigenvalue weighted by Crippen LogP contribution is -2.52. The highest BCUT2D eigenvalue weighted by atomic mass is 16.4. The summed E-state index contributed by atoms with van der Waals surface area (Å²) >= 11 is 0. The molecule has 1 heterocycles. The standard InChI is InChI=1S/C16H30N2O2/c1-4-18-9-7-13(8-10-18)17(3)15-11-12(2)5-6-14(15)16(19)20/h12-15H,4-11H2,1-3H3,(H,19,20). The van der Waals surface area contributed by atoms with Gasteiger partial charge in [0.15, 0.2) is 0 Å². The highest BCUT2D eigenvalue weighted by Gasteiger charge is 2.38. The number of hydrogen-bond acceptors (Lipinski definition) is 3. The number of carboxylic acids is 1. The molecule has 1 N–H and O–H groups in total. The first-order valence-corrected chi connectivity index (χ1v) is 8.20. The monoisotopic (exact) mass is 282 g/mol. The second-order valence-electron chi connectivity index (χ2n) is 6.76. The maximum Gasteiger partial charge on any atom is 0.308 e. The third kappa shape index (κ3) is 3.53. The number of rotatable bonds is 4. The van der Waals surface area contributed by atoms with Crippen molar-refractivity contribution in [3.63, 3.8) is 0 Å². The minimum atomic E-state index is -0.597. The molecule has 20 heavy (non-hydrogen) atoms. The van der Waals surface area contributed by atoms with Crippen molar-refractivity contribution in [1.29, 1.82) is 0 Å². The molecule has 2 aliphatic rings. The number of carbonyl (C=O) groups is 1. The first-order chi connectivity index (χ1) is 9.52. The van der Waals surface area contributed by atoms with Crippen LogP contribution in [-0.2, 0) is 4.79 Å². The Labute approximate surface area is 123 Å². The third-order valence-electron chi connectivity index (χ3n) is 5.50. The van der Waals surface area contributed by atoms with E-state index in [4.69, 9.17) is 0 Å². The number of hydrogen-bond donors (Lipinski definition) is 1. The van der Waals surface area contributed by atoms with Crippen molar-refractivity contribution in [2.24, 2.45) is 11.8 Å². The summed E-state index contributed by atoms with van der Waals surface area (Å²) in [5, 5.41) is 9.49. The van der Waals surface area contributed by atoms with Gasteiger partial charge in [-0.25, -0.2) is 0 Å². The number of piperidine rings is 1. The Bertz CT molecular complexity index is 326. The van der Waals surface area contributed by atoms with E-state index in [-0.39, 0.29) is 12.0 Å². The van der Waals surface area contributed by atoms with Gasteiger partial charge >= 0.3 is 5.97 Å². The summed E-state index contributed by atoms with van der Waals surface area (Å²) in [5.74, 6) is -0.103. The summed E-state index contributed by atoms with van der Waals surface area (Å²) in [6, 6.07) is 0.796. The maximum absolute atomic E-state index is 11.5. The van der Waals surface area contributed by atoms with Gasteiger partial charge in [-0.15, -0.1) is 0 Å². The van der Waals surface area contributed by atoms with Crippen LogP contribution in [0, 0.1) is 11.8 Å². The van der Waals surface area contributed by atoms with E-state index in [1.54, 1.807) is 0 Å². The molecule has 0 radical (unpaired) electrons. The van der Waals surface area contributed by atoms with Crippen molar-refractivity contribution < 1.29 is 9.90 Å². The zero-order chi connectivity index (χ0) is 14.7. The van der Waals surface area contributed by atoms with Gasteiger partial charge in [0.2, 0.25) is 0 Å². The molecule has 0 aromatic carbocycles. The van der Waals surface area contributed by atoms with Crippen molar-refractivity contribution in [1.82, 2.24) is 9.80 Å². The Kier molecular flexibility index (Phi) is 5.44. The van der Waals surface area contributed by atoms with Crippen LogP contribution >= 0.6 is 0 Å². The molecule has 2 fully saturated rings. The molecule has 4 nitrogen and oxygen atoms in total. The minimum absolute atomic E-state index is 0.166. The van der Waals surface area contributed by atoms with Crippen LogP contribution in [0.5, 0.6) is 0 Å². The molecule has 3 unspecified atom stereocenters. The third-order valence-corrected chi connectivity index (χ3v) is 5.50. The molecule has 0 spiro atoms. The van der Waals surface area contributed by atoms with E-state index in [9.17, 15) is 9.90 Å². The van der Waals surface area contributed by atoms with Gasteiger partial charge in [-0.05, 0) is 64.7 Å². The fourth-order valence-corrected chi connectivity index (χ4v) is 4.00. The summed E-state index contributed by atoms with van der Waals surface area (Å²) in [4.78, 5) is 16.4. The van der Waals surface area contributed by atoms with Gasteiger partial charge in [0.25, 0.3) is 0 Å². The first-order valence-electron chi connectivity index (χ1n) is 8.20. The maximum atomic E-state index is 11.5. The second-order valence-corrected chi connectivity index (χ2v) is 6.76. The lowest BCUT2D eigenvalue weighted by Gasteiger charge is -2.44. The molecular formula is C16H30N2O2. The van der Waals surface area contributed by atoms with Gasteiger partial charge in [0.05, 0.1) is 5.92 Å². The molecule has 2 rings (SSSR count). The minimum Gasteiger partial charge on any atom is -0.481 e. The van der Waals surface area contributed by atoms with Crippen LogP contribution in [0.15, 0.2) is 0 Å². The Hall–Kier alpha value is -0.610. The van der Waals surface area contributed by atoms with Gasteiger partial charge in [-0.2, -0.15) is 0 Å². The molecule has 3 atom stereocenters. The van der Waals surface area contributed by atoms with Gasteiger partial charge in [0.1, 0.15) is 0 Å². The number of likely N-dealkylation sites (tertiary alicyclic amines) is 1. The topological polar surface area (TPSA) is 43.8 Å². The second kappa shape index (κ2) is 6.90. The van der Waals surface area contributed by atoms with E-state index >= 15 is 0 Å². The summed E-state index contributed by atoms with van der Waals surface area (Å²) in [6.45, 7) is 7.93. The van der Waals surface area contributed by atoms with Crippen LogP contribution in [0.1, 0.15) is 46.0 Å². The number of carboxylic acid groups (broad SMARTS) is 1. The molecule has 4 heteroatoms. The lowest BCUT2D eigenvalue weighted by molar-refractivity contribution is -0.146. The van der Waals surface area contributed by atoms with Gasteiger partial charge in [-0.1, -0.05) is 13.8 Å². The molecule has 1 saturated heterocycles. The largest absolute Gasteiger partial charge is 0.481 e. The molecule has 1 saturated carbocycles. The zero-order valence-corrected chi connectivity index (χ0v) is 13.2. The fraction of sp³-hybridized carbons (Fsp3) is 0.938. The van der Waals surface area contributed by atoms with Crippen molar-refractivity contribution >= 4 is 5.97 Å². The van der Waals surface area contributed by atoms with Crippen molar-refractivity contribution in [2.75, 3.05) is 26.7 Å². The number of aliphatic carboxylic acids is 1. The quantitative estimate of drug-likeness (QED) is 0.859. The summed E-state index contributed by atoms with van der Waals surface area (Å²) in [6.07, 6.45) is 5.32. The highest BCUT2D eigenvalue weighted by molar-refractivity contribution is 5.71. The molecule has 0 aromatic heterocycles. The van der Waals surface area contributed by atoms with Gasteiger partial charge < -0.3 is 10.0 Å². The predicted molar refractivity (Wildman–Crippen MR) is 80.8 cm³/mol. The van der Waals surface area contributed by atoms with Crippen LogP contribution in [-0.4, -0.2) is 59.6 Å². The van der Waals surface area contributed by atoms with Gasteiger partial charge in [0, 0.05) is 12.1 Å². The summed E-state index contributed by atoms with van der Waals surface area (Å²) in [5.41, 5.74) is 0. The van der Waals surface area contributed by atoms with E-state index in [0.717, 1.165) is 38.9 Å². The average Bonchev–Trinajstić information content (AvgIpc) is 2.46. The average molecular weight is 282 g/mol. The summed E-state index contributed by atoms with van der Waals surface area (Å²) in [7, 11) is 2.16. The molecule has 1 aliphatic heterocycles. The van der Waals surface area contributed by atoms with E-state index in [1.165, 1.54) is 12.8 Å². The smallest absolute Gasteiger partial charge is 0.308 e. The Morgan fingerprint density at radius 1 is 1.25 bits per heavy atom.